The van der Waals surface area contributed by atoms with Gasteiger partial charge in [0.1, 0.15) is 0 Å². The summed E-state index contributed by atoms with van der Waals surface area (Å²) in [5, 5.41) is 17.5. The third-order valence-corrected chi connectivity index (χ3v) is 3.70. The summed E-state index contributed by atoms with van der Waals surface area (Å²) < 4.78 is 0. The number of rotatable bonds is 8. The number of piperazine rings is 1. The van der Waals surface area contributed by atoms with Gasteiger partial charge in [0.15, 0.2) is 0 Å². The molecule has 6 heteroatoms. The van der Waals surface area contributed by atoms with E-state index in [4.69, 9.17) is 15.8 Å². The fourth-order valence-electron chi connectivity index (χ4n) is 2.30. The van der Waals surface area contributed by atoms with Crippen LogP contribution in [-0.4, -0.2) is 72.8 Å². The molecule has 0 saturated carbocycles. The van der Waals surface area contributed by atoms with E-state index in [2.05, 4.69) is 16.8 Å². The van der Waals surface area contributed by atoms with E-state index in [1.54, 1.807) is 0 Å². The minimum Gasteiger partial charge on any atom is -0.427 e. The molecule has 1 unspecified atom stereocenters. The Hall–Kier alpha value is -0.135. The number of nitrogens with zero attached hydrogens (tertiary/aromatic N) is 2. The van der Waals surface area contributed by atoms with Gasteiger partial charge in [0.25, 0.3) is 0 Å². The summed E-state index contributed by atoms with van der Waals surface area (Å²) in [6, 6.07) is 0.250. The van der Waals surface area contributed by atoms with Gasteiger partial charge in [0.05, 0.1) is 0 Å². The molecule has 1 aliphatic rings. The van der Waals surface area contributed by atoms with E-state index in [1.807, 2.05) is 0 Å². The predicted octanol–water partition coefficient (Wildman–Crippen LogP) is -0.406. The first kappa shape index (κ1) is 15.9. The van der Waals surface area contributed by atoms with Crippen molar-refractivity contribution < 1.29 is 10.0 Å². The first-order valence-corrected chi connectivity index (χ1v) is 7.10. The quantitative estimate of drug-likeness (QED) is 0.407. The van der Waals surface area contributed by atoms with E-state index in [1.165, 1.54) is 0 Å². The molecular weight excluding hydrogens is 229 g/mol. The Morgan fingerprint density at radius 1 is 1.11 bits per heavy atom. The van der Waals surface area contributed by atoms with Crippen LogP contribution in [0.4, 0.5) is 0 Å². The molecule has 0 spiro atoms. The van der Waals surface area contributed by atoms with Crippen molar-refractivity contribution >= 4 is 7.12 Å². The number of nitrogens with two attached hydrogens (primary N) is 1. The molecule has 0 bridgehead atoms. The Kier molecular flexibility index (Phi) is 7.85. The lowest BCUT2D eigenvalue weighted by Gasteiger charge is -2.32. The third-order valence-electron chi connectivity index (χ3n) is 3.70. The van der Waals surface area contributed by atoms with E-state index >= 15 is 0 Å². The molecule has 0 aliphatic carbocycles. The summed E-state index contributed by atoms with van der Waals surface area (Å²) in [7, 11) is 1.00. The van der Waals surface area contributed by atoms with Gasteiger partial charge in [0.2, 0.25) is 0 Å². The Balaban J connectivity index is 1.97. The second-order valence-electron chi connectivity index (χ2n) is 5.46. The molecule has 5 nitrogen and oxygen atoms in total. The molecule has 1 rings (SSSR count). The Labute approximate surface area is 111 Å². The van der Waals surface area contributed by atoms with Crippen molar-refractivity contribution in [3.63, 3.8) is 0 Å². The largest absolute Gasteiger partial charge is 0.451 e. The van der Waals surface area contributed by atoms with Crippen LogP contribution in [0.15, 0.2) is 0 Å². The predicted molar refractivity (Wildman–Crippen MR) is 75.4 cm³/mol. The minimum atomic E-state index is -1.16. The van der Waals surface area contributed by atoms with Crippen LogP contribution in [0.2, 0.25) is 6.32 Å². The van der Waals surface area contributed by atoms with Crippen molar-refractivity contribution in [1.82, 2.24) is 9.80 Å². The summed E-state index contributed by atoms with van der Waals surface area (Å²) in [5.41, 5.74) is 6.07. The number of hydrogen-bond acceptors (Lipinski definition) is 5. The molecule has 1 heterocycles. The van der Waals surface area contributed by atoms with Crippen molar-refractivity contribution in [1.29, 1.82) is 0 Å². The van der Waals surface area contributed by atoms with E-state index in [0.717, 1.165) is 58.4 Å². The van der Waals surface area contributed by atoms with E-state index < -0.39 is 7.12 Å². The molecule has 106 valence electrons. The van der Waals surface area contributed by atoms with Gasteiger partial charge in [-0.05, 0) is 32.8 Å². The van der Waals surface area contributed by atoms with E-state index in [0.29, 0.717) is 6.32 Å². The Morgan fingerprint density at radius 2 is 1.78 bits per heavy atom. The zero-order valence-electron chi connectivity index (χ0n) is 11.6. The molecule has 4 N–H and O–H groups in total. The van der Waals surface area contributed by atoms with Crippen molar-refractivity contribution in [3.8, 4) is 0 Å². The number of hydrogen-bond donors (Lipinski definition) is 3. The summed E-state index contributed by atoms with van der Waals surface area (Å²) in [4.78, 5) is 4.84. The highest BCUT2D eigenvalue weighted by atomic mass is 16.4. The highest BCUT2D eigenvalue weighted by Crippen LogP contribution is 2.08. The monoisotopic (exact) mass is 257 g/mol. The zero-order valence-corrected chi connectivity index (χ0v) is 11.6. The molecule has 0 radical (unpaired) electrons. The SMILES string of the molecule is CN1CCN(CCC(N)CCCCB(O)O)CC1. The molecular formula is C12H28BN3O2. The van der Waals surface area contributed by atoms with Crippen LogP contribution in [0.25, 0.3) is 0 Å². The molecule has 1 aliphatic heterocycles. The number of unbranched alkanes of at least 4 members (excludes halogenated alkanes) is 1. The van der Waals surface area contributed by atoms with Crippen LogP contribution < -0.4 is 5.73 Å². The maximum atomic E-state index is 8.73. The van der Waals surface area contributed by atoms with Crippen LogP contribution >= 0.6 is 0 Å². The second-order valence-corrected chi connectivity index (χ2v) is 5.46. The van der Waals surface area contributed by atoms with Gasteiger partial charge in [-0.25, -0.2) is 0 Å². The first-order chi connectivity index (χ1) is 8.58. The van der Waals surface area contributed by atoms with E-state index in [9.17, 15) is 0 Å². The van der Waals surface area contributed by atoms with Gasteiger partial charge in [-0.2, -0.15) is 0 Å². The maximum absolute atomic E-state index is 8.73. The van der Waals surface area contributed by atoms with Gasteiger partial charge < -0.3 is 25.6 Å². The fraction of sp³-hybridized carbons (Fsp3) is 1.00. The van der Waals surface area contributed by atoms with Crippen molar-refractivity contribution in [2.45, 2.75) is 38.0 Å². The highest BCUT2D eigenvalue weighted by molar-refractivity contribution is 6.40. The minimum absolute atomic E-state index is 0.250. The lowest BCUT2D eigenvalue weighted by Crippen LogP contribution is -2.45. The van der Waals surface area contributed by atoms with Gasteiger partial charge >= 0.3 is 7.12 Å². The molecule has 1 fully saturated rings. The molecule has 18 heavy (non-hydrogen) atoms. The topological polar surface area (TPSA) is 73.0 Å². The summed E-state index contributed by atoms with van der Waals surface area (Å²) in [6.07, 6.45) is 4.33. The Bertz CT molecular complexity index is 211. The summed E-state index contributed by atoms with van der Waals surface area (Å²) >= 11 is 0. The van der Waals surface area contributed by atoms with Gasteiger partial charge in [-0.15, -0.1) is 0 Å². The molecule has 0 aromatic heterocycles. The van der Waals surface area contributed by atoms with Crippen LogP contribution in [0, 0.1) is 0 Å². The van der Waals surface area contributed by atoms with Gasteiger partial charge in [-0.3, -0.25) is 0 Å². The molecule has 1 saturated heterocycles. The van der Waals surface area contributed by atoms with Crippen LogP contribution in [0.3, 0.4) is 0 Å². The molecule has 0 aromatic carbocycles. The fourth-order valence-corrected chi connectivity index (χ4v) is 2.30. The summed E-state index contributed by atoms with van der Waals surface area (Å²) in [6.45, 7) is 5.71. The van der Waals surface area contributed by atoms with Crippen molar-refractivity contribution in [2.75, 3.05) is 39.8 Å². The molecule has 0 amide bonds. The Morgan fingerprint density at radius 3 is 2.39 bits per heavy atom. The first-order valence-electron chi connectivity index (χ1n) is 7.10. The van der Waals surface area contributed by atoms with Crippen LogP contribution in [-0.2, 0) is 0 Å². The van der Waals surface area contributed by atoms with Crippen molar-refractivity contribution in [2.24, 2.45) is 5.73 Å². The average molecular weight is 257 g/mol. The average Bonchev–Trinajstić information content (AvgIpc) is 2.34. The van der Waals surface area contributed by atoms with E-state index in [-0.39, 0.29) is 6.04 Å². The lowest BCUT2D eigenvalue weighted by molar-refractivity contribution is 0.150. The van der Waals surface area contributed by atoms with Crippen LogP contribution in [0.5, 0.6) is 0 Å². The smallest absolute Gasteiger partial charge is 0.427 e. The second kappa shape index (κ2) is 8.88. The maximum Gasteiger partial charge on any atom is 0.451 e. The zero-order chi connectivity index (χ0) is 13.4. The van der Waals surface area contributed by atoms with Crippen molar-refractivity contribution in [3.05, 3.63) is 0 Å². The lowest BCUT2D eigenvalue weighted by atomic mass is 9.83. The molecule has 1 atom stereocenters. The standard InChI is InChI=1S/C12H28BN3O2/c1-15-8-10-16(11-9-15)7-5-12(14)4-2-3-6-13(17)18/h12,17-18H,2-11,14H2,1H3. The van der Waals surface area contributed by atoms with Gasteiger partial charge in [0, 0.05) is 32.2 Å². The van der Waals surface area contributed by atoms with Gasteiger partial charge in [-0.1, -0.05) is 12.8 Å². The molecule has 0 aromatic rings. The normalized spacial score (nSPS) is 20.0. The summed E-state index contributed by atoms with van der Waals surface area (Å²) in [5.74, 6) is 0. The highest BCUT2D eigenvalue weighted by Gasteiger charge is 2.14. The number of likely N-dealkylation sites (N-methyl/N-ethyl adjacent to an activating group) is 1. The third kappa shape index (κ3) is 7.33. The van der Waals surface area contributed by atoms with Crippen LogP contribution in [0.1, 0.15) is 25.7 Å².